The number of furan rings is 1. The summed E-state index contributed by atoms with van der Waals surface area (Å²) < 4.78 is 37.3. The average Bonchev–Trinajstić information content (AvgIpc) is 3.12. The van der Waals surface area contributed by atoms with Gasteiger partial charge in [0.2, 0.25) is 0 Å². The molecule has 27 heavy (non-hydrogen) atoms. The molecule has 1 N–H and O–H groups in total. The fourth-order valence-electron chi connectivity index (χ4n) is 2.17. The zero-order chi connectivity index (χ0) is 19.4. The molecule has 0 spiro atoms. The van der Waals surface area contributed by atoms with Crippen molar-refractivity contribution in [3.05, 3.63) is 87.9 Å². The minimum absolute atomic E-state index is 0.00984. The SMILES string of the molecule is O=C(Nc1cc([N+](=O)[O-])ccc1F)c1ccc(COc2ccc(F)cc2)o1. The van der Waals surface area contributed by atoms with Crippen LogP contribution in [0.4, 0.5) is 20.2 Å². The largest absolute Gasteiger partial charge is 0.486 e. The first-order valence-corrected chi connectivity index (χ1v) is 7.65. The van der Waals surface area contributed by atoms with Gasteiger partial charge >= 0.3 is 0 Å². The van der Waals surface area contributed by atoms with Gasteiger partial charge in [-0.25, -0.2) is 8.78 Å². The molecular weight excluding hydrogens is 362 g/mol. The Morgan fingerprint density at radius 2 is 1.85 bits per heavy atom. The van der Waals surface area contributed by atoms with Crippen LogP contribution in [0.1, 0.15) is 16.3 Å². The van der Waals surface area contributed by atoms with Crippen molar-refractivity contribution in [2.75, 3.05) is 5.32 Å². The highest BCUT2D eigenvalue weighted by atomic mass is 19.1. The van der Waals surface area contributed by atoms with Crippen molar-refractivity contribution in [2.45, 2.75) is 6.61 Å². The van der Waals surface area contributed by atoms with Crippen LogP contribution in [0, 0.1) is 21.7 Å². The summed E-state index contributed by atoms with van der Waals surface area (Å²) in [5.74, 6) is -1.39. The third-order valence-electron chi connectivity index (χ3n) is 3.49. The van der Waals surface area contributed by atoms with E-state index in [0.29, 0.717) is 11.5 Å². The van der Waals surface area contributed by atoms with Crippen LogP contribution in [-0.2, 0) is 6.61 Å². The molecule has 1 amide bonds. The quantitative estimate of drug-likeness (QED) is 0.513. The van der Waals surface area contributed by atoms with E-state index in [9.17, 15) is 23.7 Å². The number of nitro benzene ring substituents is 1. The number of benzene rings is 2. The van der Waals surface area contributed by atoms with Gasteiger partial charge < -0.3 is 14.5 Å². The molecule has 1 aromatic heterocycles. The molecule has 0 atom stereocenters. The van der Waals surface area contributed by atoms with Crippen LogP contribution in [0.5, 0.6) is 5.75 Å². The highest BCUT2D eigenvalue weighted by molar-refractivity contribution is 6.02. The molecule has 0 aliphatic heterocycles. The van der Waals surface area contributed by atoms with Gasteiger partial charge in [0.1, 0.15) is 29.8 Å². The van der Waals surface area contributed by atoms with E-state index in [1.165, 1.54) is 36.4 Å². The van der Waals surface area contributed by atoms with Crippen LogP contribution in [0.25, 0.3) is 0 Å². The number of nitrogens with zero attached hydrogens (tertiary/aromatic N) is 1. The summed E-state index contributed by atoms with van der Waals surface area (Å²) in [6.07, 6.45) is 0. The fraction of sp³-hybridized carbons (Fsp3) is 0.0556. The van der Waals surface area contributed by atoms with Crippen LogP contribution >= 0.6 is 0 Å². The maximum Gasteiger partial charge on any atom is 0.291 e. The molecule has 0 unspecified atom stereocenters. The lowest BCUT2D eigenvalue weighted by Crippen LogP contribution is -2.12. The van der Waals surface area contributed by atoms with Gasteiger partial charge in [-0.15, -0.1) is 0 Å². The molecule has 0 bridgehead atoms. The van der Waals surface area contributed by atoms with Crippen LogP contribution < -0.4 is 10.1 Å². The second kappa shape index (κ2) is 7.65. The van der Waals surface area contributed by atoms with Crippen molar-refractivity contribution in [3.63, 3.8) is 0 Å². The van der Waals surface area contributed by atoms with Crippen molar-refractivity contribution in [3.8, 4) is 5.75 Å². The van der Waals surface area contributed by atoms with E-state index >= 15 is 0 Å². The Morgan fingerprint density at radius 3 is 2.56 bits per heavy atom. The van der Waals surface area contributed by atoms with Gasteiger partial charge in [0, 0.05) is 12.1 Å². The van der Waals surface area contributed by atoms with Gasteiger partial charge in [0.15, 0.2) is 5.76 Å². The number of amides is 1. The molecule has 0 fully saturated rings. The van der Waals surface area contributed by atoms with E-state index in [1.807, 2.05) is 0 Å². The molecule has 9 heteroatoms. The summed E-state index contributed by atoms with van der Waals surface area (Å²) in [6, 6.07) is 11.0. The van der Waals surface area contributed by atoms with E-state index in [4.69, 9.17) is 9.15 Å². The molecule has 3 rings (SSSR count). The lowest BCUT2D eigenvalue weighted by Gasteiger charge is -2.05. The number of halogens is 2. The first kappa shape index (κ1) is 18.1. The summed E-state index contributed by atoms with van der Waals surface area (Å²) in [4.78, 5) is 22.2. The number of carbonyl (C=O) groups excluding carboxylic acids is 1. The molecule has 1 heterocycles. The lowest BCUT2D eigenvalue weighted by atomic mass is 10.2. The first-order valence-electron chi connectivity index (χ1n) is 7.65. The predicted octanol–water partition coefficient (Wildman–Crippen LogP) is 4.30. The van der Waals surface area contributed by atoms with Gasteiger partial charge in [-0.05, 0) is 42.5 Å². The number of carbonyl (C=O) groups is 1. The van der Waals surface area contributed by atoms with Crippen LogP contribution in [-0.4, -0.2) is 10.8 Å². The minimum atomic E-state index is -0.819. The van der Waals surface area contributed by atoms with Crippen LogP contribution in [0.2, 0.25) is 0 Å². The molecular formula is C18H12F2N2O5. The fourth-order valence-corrected chi connectivity index (χ4v) is 2.17. The second-order valence-corrected chi connectivity index (χ2v) is 5.38. The van der Waals surface area contributed by atoms with Gasteiger partial charge in [-0.1, -0.05) is 0 Å². The van der Waals surface area contributed by atoms with Gasteiger partial charge in [-0.2, -0.15) is 0 Å². The van der Waals surface area contributed by atoms with Gasteiger partial charge in [0.25, 0.3) is 11.6 Å². The molecule has 0 radical (unpaired) electrons. The highest BCUT2D eigenvalue weighted by Crippen LogP contribution is 2.22. The molecule has 3 aromatic rings. The number of ether oxygens (including phenoxy) is 1. The number of rotatable bonds is 6. The van der Waals surface area contributed by atoms with E-state index < -0.39 is 22.5 Å². The van der Waals surface area contributed by atoms with Gasteiger partial charge in [0.05, 0.1) is 10.6 Å². The maximum absolute atomic E-state index is 13.7. The molecule has 7 nitrogen and oxygen atoms in total. The summed E-state index contributed by atoms with van der Waals surface area (Å²) >= 11 is 0. The van der Waals surface area contributed by atoms with Crippen molar-refractivity contribution < 1.29 is 27.7 Å². The third kappa shape index (κ3) is 4.46. The predicted molar refractivity (Wildman–Crippen MR) is 90.4 cm³/mol. The summed E-state index contributed by atoms with van der Waals surface area (Å²) in [6.45, 7) is -0.00984. The molecule has 0 saturated carbocycles. The zero-order valence-corrected chi connectivity index (χ0v) is 13.6. The minimum Gasteiger partial charge on any atom is -0.486 e. The molecule has 0 aliphatic rings. The Kier molecular flexibility index (Phi) is 5.11. The van der Waals surface area contributed by atoms with Crippen LogP contribution in [0.3, 0.4) is 0 Å². The van der Waals surface area contributed by atoms with Crippen molar-refractivity contribution in [1.82, 2.24) is 0 Å². The van der Waals surface area contributed by atoms with E-state index in [-0.39, 0.29) is 23.7 Å². The Balaban J connectivity index is 1.65. The highest BCUT2D eigenvalue weighted by Gasteiger charge is 2.16. The number of non-ortho nitro benzene ring substituents is 1. The number of anilines is 1. The number of nitro groups is 1. The van der Waals surface area contributed by atoms with E-state index in [1.54, 1.807) is 0 Å². The molecule has 0 aliphatic carbocycles. The van der Waals surface area contributed by atoms with Crippen LogP contribution in [0.15, 0.2) is 59.0 Å². The summed E-state index contributed by atoms with van der Waals surface area (Å²) in [5.41, 5.74) is -0.700. The Hall–Kier alpha value is -3.75. The Morgan fingerprint density at radius 1 is 1.11 bits per heavy atom. The summed E-state index contributed by atoms with van der Waals surface area (Å²) in [7, 11) is 0. The van der Waals surface area contributed by atoms with E-state index in [2.05, 4.69) is 5.32 Å². The second-order valence-electron chi connectivity index (χ2n) is 5.38. The number of nitrogens with one attached hydrogen (secondary N) is 1. The number of hydrogen-bond acceptors (Lipinski definition) is 5. The van der Waals surface area contributed by atoms with Crippen molar-refractivity contribution >= 4 is 17.3 Å². The zero-order valence-electron chi connectivity index (χ0n) is 13.6. The van der Waals surface area contributed by atoms with Crippen molar-refractivity contribution in [1.29, 1.82) is 0 Å². The first-order chi connectivity index (χ1) is 12.9. The Labute approximate surface area is 151 Å². The summed E-state index contributed by atoms with van der Waals surface area (Å²) in [5, 5.41) is 13.0. The smallest absolute Gasteiger partial charge is 0.291 e. The standard InChI is InChI=1S/C18H12F2N2O5/c19-11-1-4-13(5-2-11)26-10-14-6-8-17(27-14)18(23)21-16-9-12(22(24)25)3-7-15(16)20/h1-9H,10H2,(H,21,23). The molecule has 138 valence electrons. The Bertz CT molecular complexity index is 986. The van der Waals surface area contributed by atoms with Crippen molar-refractivity contribution in [2.24, 2.45) is 0 Å². The number of hydrogen-bond donors (Lipinski definition) is 1. The van der Waals surface area contributed by atoms with E-state index in [0.717, 1.165) is 18.2 Å². The maximum atomic E-state index is 13.7. The topological polar surface area (TPSA) is 94.6 Å². The third-order valence-corrected chi connectivity index (χ3v) is 3.49. The van der Waals surface area contributed by atoms with Gasteiger partial charge in [-0.3, -0.25) is 14.9 Å². The molecule has 0 saturated heterocycles. The average molecular weight is 374 g/mol. The molecule has 2 aromatic carbocycles. The lowest BCUT2D eigenvalue weighted by molar-refractivity contribution is -0.384. The monoisotopic (exact) mass is 374 g/mol. The normalized spacial score (nSPS) is 10.4.